The summed E-state index contributed by atoms with van der Waals surface area (Å²) < 4.78 is 6.16. The summed E-state index contributed by atoms with van der Waals surface area (Å²) in [6.07, 6.45) is 1.05. The minimum Gasteiger partial charge on any atom is -0.417 e. The van der Waals surface area contributed by atoms with Crippen molar-refractivity contribution >= 4 is 8.32 Å². The zero-order valence-electron chi connectivity index (χ0n) is 12.1. The molecule has 0 fully saturated rings. The van der Waals surface area contributed by atoms with Gasteiger partial charge in [-0.2, -0.15) is 0 Å². The smallest absolute Gasteiger partial charge is 0.191 e. The van der Waals surface area contributed by atoms with Crippen LogP contribution in [-0.2, 0) is 4.43 Å². The molecule has 3 heteroatoms. The Balaban J connectivity index is 4.05. The summed E-state index contributed by atoms with van der Waals surface area (Å²) in [6.45, 7) is 16.8. The lowest BCUT2D eigenvalue weighted by atomic mass is 9.99. The van der Waals surface area contributed by atoms with E-state index >= 15 is 0 Å². The quantitative estimate of drug-likeness (QED) is 0.725. The first-order valence-electron chi connectivity index (χ1n) is 6.35. The van der Waals surface area contributed by atoms with Gasteiger partial charge < -0.3 is 9.53 Å². The number of aliphatic hydroxyl groups is 1. The van der Waals surface area contributed by atoms with Gasteiger partial charge in [0.2, 0.25) is 0 Å². The maximum absolute atomic E-state index is 9.01. The second-order valence-corrected chi connectivity index (χ2v) is 11.5. The van der Waals surface area contributed by atoms with Crippen LogP contribution in [-0.4, -0.2) is 26.6 Å². The van der Waals surface area contributed by atoms with Gasteiger partial charge in [-0.05, 0) is 36.4 Å². The van der Waals surface area contributed by atoms with E-state index in [1.165, 1.54) is 0 Å². The molecule has 0 rings (SSSR count). The van der Waals surface area contributed by atoms with Crippen LogP contribution in [0.4, 0.5) is 0 Å². The van der Waals surface area contributed by atoms with Gasteiger partial charge >= 0.3 is 0 Å². The molecule has 0 aromatic rings. The van der Waals surface area contributed by atoms with Gasteiger partial charge in [0.1, 0.15) is 0 Å². The van der Waals surface area contributed by atoms with Crippen LogP contribution in [0.25, 0.3) is 0 Å². The minimum atomic E-state index is -1.59. The Bertz CT molecular complexity index is 197. The molecule has 1 N–H and O–H groups in total. The van der Waals surface area contributed by atoms with Crippen molar-refractivity contribution in [2.45, 2.75) is 59.2 Å². The zero-order chi connectivity index (χ0) is 13.0. The molecule has 2 nitrogen and oxygen atoms in total. The molecular formula is C13H30O2Si. The number of hydrogen-bond acceptors (Lipinski definition) is 2. The van der Waals surface area contributed by atoms with E-state index in [2.05, 4.69) is 47.7 Å². The van der Waals surface area contributed by atoms with Gasteiger partial charge in [0, 0.05) is 13.2 Å². The van der Waals surface area contributed by atoms with Crippen LogP contribution in [0.15, 0.2) is 0 Å². The molecule has 0 saturated heterocycles. The Kier molecular flexibility index (Phi) is 6.23. The summed E-state index contributed by atoms with van der Waals surface area (Å²) in [7, 11) is -1.59. The molecule has 2 atom stereocenters. The van der Waals surface area contributed by atoms with Gasteiger partial charge in [-0.3, -0.25) is 0 Å². The first-order chi connectivity index (χ1) is 7.10. The number of aliphatic hydroxyl groups excluding tert-OH is 1. The molecule has 0 heterocycles. The molecule has 0 aromatic carbocycles. The second kappa shape index (κ2) is 6.17. The van der Waals surface area contributed by atoms with Crippen LogP contribution in [0.3, 0.4) is 0 Å². The van der Waals surface area contributed by atoms with Crippen molar-refractivity contribution in [1.82, 2.24) is 0 Å². The molecule has 0 saturated carbocycles. The van der Waals surface area contributed by atoms with E-state index in [9.17, 15) is 0 Å². The third-order valence-corrected chi connectivity index (χ3v) is 8.15. The third-order valence-electron chi connectivity index (χ3n) is 3.65. The summed E-state index contributed by atoms with van der Waals surface area (Å²) in [5.74, 6) is 0.925. The Hall–Kier alpha value is 0.137. The fourth-order valence-electron chi connectivity index (χ4n) is 1.40. The molecule has 0 aromatic heterocycles. The second-order valence-electron chi connectivity index (χ2n) is 6.70. The summed E-state index contributed by atoms with van der Waals surface area (Å²) in [6, 6.07) is 0. The van der Waals surface area contributed by atoms with Crippen LogP contribution in [0.5, 0.6) is 0 Å². The molecule has 0 unspecified atom stereocenters. The van der Waals surface area contributed by atoms with E-state index < -0.39 is 8.32 Å². The van der Waals surface area contributed by atoms with Gasteiger partial charge in [0.05, 0.1) is 0 Å². The molecule has 16 heavy (non-hydrogen) atoms. The highest BCUT2D eigenvalue weighted by molar-refractivity contribution is 6.74. The SMILES string of the molecule is C[C@@H](CO)C[C@@H](C)CO[Si](C)(C)C(C)(C)C. The highest BCUT2D eigenvalue weighted by Crippen LogP contribution is 2.36. The molecular weight excluding hydrogens is 216 g/mol. The Morgan fingerprint density at radius 2 is 1.62 bits per heavy atom. The van der Waals surface area contributed by atoms with Gasteiger partial charge in [0.15, 0.2) is 8.32 Å². The minimum absolute atomic E-state index is 0.282. The highest BCUT2D eigenvalue weighted by Gasteiger charge is 2.37. The van der Waals surface area contributed by atoms with E-state index in [-0.39, 0.29) is 11.6 Å². The normalized spacial score (nSPS) is 17.2. The summed E-state index contributed by atoms with van der Waals surface area (Å²) in [5.41, 5.74) is 0. The maximum Gasteiger partial charge on any atom is 0.191 e. The third kappa shape index (κ3) is 5.46. The van der Waals surface area contributed by atoms with Crippen molar-refractivity contribution in [2.24, 2.45) is 11.8 Å². The van der Waals surface area contributed by atoms with E-state index in [1.54, 1.807) is 0 Å². The molecule has 0 spiro atoms. The largest absolute Gasteiger partial charge is 0.417 e. The Morgan fingerprint density at radius 3 is 2.00 bits per heavy atom. The lowest BCUT2D eigenvalue weighted by Crippen LogP contribution is -2.41. The van der Waals surface area contributed by atoms with Crippen molar-refractivity contribution in [3.63, 3.8) is 0 Å². The lowest BCUT2D eigenvalue weighted by molar-refractivity contribution is 0.179. The van der Waals surface area contributed by atoms with Crippen LogP contribution < -0.4 is 0 Å². The summed E-state index contributed by atoms with van der Waals surface area (Å²) in [5, 5.41) is 9.30. The van der Waals surface area contributed by atoms with Crippen molar-refractivity contribution in [2.75, 3.05) is 13.2 Å². The summed E-state index contributed by atoms with van der Waals surface area (Å²) in [4.78, 5) is 0. The summed E-state index contributed by atoms with van der Waals surface area (Å²) >= 11 is 0. The predicted octanol–water partition coefficient (Wildman–Crippen LogP) is 3.66. The Morgan fingerprint density at radius 1 is 1.12 bits per heavy atom. The fraction of sp³-hybridized carbons (Fsp3) is 1.00. The fourth-order valence-corrected chi connectivity index (χ4v) is 2.53. The molecule has 98 valence electrons. The first-order valence-corrected chi connectivity index (χ1v) is 9.25. The topological polar surface area (TPSA) is 29.5 Å². The van der Waals surface area contributed by atoms with Gasteiger partial charge in [0.25, 0.3) is 0 Å². The molecule has 0 radical (unpaired) electrons. The van der Waals surface area contributed by atoms with Crippen molar-refractivity contribution < 1.29 is 9.53 Å². The van der Waals surface area contributed by atoms with Crippen LogP contribution in [0, 0.1) is 11.8 Å². The molecule has 0 amide bonds. The molecule has 0 aliphatic heterocycles. The standard InChI is InChI=1S/C13H30O2Si/c1-11(9-14)8-12(2)10-15-16(6,7)13(3,4)5/h11-12,14H,8-10H2,1-7H3/t11-,12-/m1/s1. The van der Waals surface area contributed by atoms with E-state index in [0.717, 1.165) is 13.0 Å². The van der Waals surface area contributed by atoms with Gasteiger partial charge in [-0.1, -0.05) is 34.6 Å². The van der Waals surface area contributed by atoms with Gasteiger partial charge in [-0.25, -0.2) is 0 Å². The molecule has 0 aliphatic carbocycles. The van der Waals surface area contributed by atoms with Crippen LogP contribution in [0.1, 0.15) is 41.0 Å². The van der Waals surface area contributed by atoms with Crippen molar-refractivity contribution in [3.05, 3.63) is 0 Å². The van der Waals surface area contributed by atoms with E-state index in [0.29, 0.717) is 11.8 Å². The van der Waals surface area contributed by atoms with E-state index in [1.807, 2.05) is 0 Å². The number of hydrogen-bond donors (Lipinski definition) is 1. The van der Waals surface area contributed by atoms with Crippen LogP contribution in [0.2, 0.25) is 18.1 Å². The zero-order valence-corrected chi connectivity index (χ0v) is 13.1. The van der Waals surface area contributed by atoms with Crippen LogP contribution >= 0.6 is 0 Å². The predicted molar refractivity (Wildman–Crippen MR) is 73.2 cm³/mol. The monoisotopic (exact) mass is 246 g/mol. The maximum atomic E-state index is 9.01. The highest BCUT2D eigenvalue weighted by atomic mass is 28.4. The Labute approximate surface area is 103 Å². The average molecular weight is 246 g/mol. The van der Waals surface area contributed by atoms with Gasteiger partial charge in [-0.15, -0.1) is 0 Å². The van der Waals surface area contributed by atoms with Crippen molar-refractivity contribution in [3.8, 4) is 0 Å². The average Bonchev–Trinajstić information content (AvgIpc) is 2.13. The molecule has 0 bridgehead atoms. The molecule has 0 aliphatic rings. The van der Waals surface area contributed by atoms with Crippen molar-refractivity contribution in [1.29, 1.82) is 0 Å². The lowest BCUT2D eigenvalue weighted by Gasteiger charge is -2.37. The van der Waals surface area contributed by atoms with E-state index in [4.69, 9.17) is 9.53 Å². The first kappa shape index (κ1) is 16.1. The number of rotatable bonds is 6.